The van der Waals surface area contributed by atoms with Gasteiger partial charge in [0.05, 0.1) is 0 Å². The van der Waals surface area contributed by atoms with Crippen molar-refractivity contribution in [3.8, 4) is 17.3 Å². The third-order valence-corrected chi connectivity index (χ3v) is 3.20. The Morgan fingerprint density at radius 3 is 2.68 bits per heavy atom. The summed E-state index contributed by atoms with van der Waals surface area (Å²) in [5, 5.41) is 4.07. The number of rotatable bonds is 2. The maximum absolute atomic E-state index is 5.93. The smallest absolute Gasteiger partial charge is 0.223 e. The summed E-state index contributed by atoms with van der Waals surface area (Å²) >= 11 is 9.38. The molecule has 8 heteroatoms. The van der Waals surface area contributed by atoms with E-state index < -0.39 is 0 Å². The lowest BCUT2D eigenvalue weighted by molar-refractivity contribution is 0.796. The lowest BCUT2D eigenvalue weighted by Gasteiger charge is -2.05. The van der Waals surface area contributed by atoms with E-state index in [9.17, 15) is 0 Å². The molecule has 0 bridgehead atoms. The largest absolute Gasteiger partial charge is 0.256 e. The zero-order valence-corrected chi connectivity index (χ0v) is 11.7. The average Bonchev–Trinajstić information content (AvgIpc) is 2.92. The van der Waals surface area contributed by atoms with Crippen LogP contribution in [0.3, 0.4) is 0 Å². The standard InChI is InChI=1S/C11H6BrClN6/c12-8-4-2-1-3-7(8)9-16-10(13)18-11(17-9)19-6-14-5-15-19/h1-6H. The van der Waals surface area contributed by atoms with E-state index in [0.717, 1.165) is 10.0 Å². The summed E-state index contributed by atoms with van der Waals surface area (Å²) in [6.45, 7) is 0. The van der Waals surface area contributed by atoms with Crippen LogP contribution in [0.2, 0.25) is 5.28 Å². The van der Waals surface area contributed by atoms with Gasteiger partial charge in [0.2, 0.25) is 5.28 Å². The first-order chi connectivity index (χ1) is 9.24. The molecule has 0 saturated heterocycles. The summed E-state index contributed by atoms with van der Waals surface area (Å²) in [6, 6.07) is 7.60. The van der Waals surface area contributed by atoms with Crippen molar-refractivity contribution in [2.75, 3.05) is 0 Å². The number of nitrogens with zero attached hydrogens (tertiary/aromatic N) is 6. The molecule has 0 radical (unpaired) electrons. The molecule has 0 saturated carbocycles. The molecule has 6 nitrogen and oxygen atoms in total. The van der Waals surface area contributed by atoms with Crippen LogP contribution in [0.4, 0.5) is 0 Å². The first-order valence-corrected chi connectivity index (χ1v) is 6.42. The summed E-state index contributed by atoms with van der Waals surface area (Å²) in [4.78, 5) is 16.3. The number of halogens is 2. The second-order valence-electron chi connectivity index (χ2n) is 3.55. The van der Waals surface area contributed by atoms with Gasteiger partial charge in [0.25, 0.3) is 5.95 Å². The quantitative estimate of drug-likeness (QED) is 0.719. The molecule has 3 aromatic rings. The van der Waals surface area contributed by atoms with Crippen LogP contribution in [0, 0.1) is 0 Å². The van der Waals surface area contributed by atoms with Gasteiger partial charge in [0.1, 0.15) is 12.7 Å². The van der Waals surface area contributed by atoms with E-state index >= 15 is 0 Å². The van der Waals surface area contributed by atoms with Crippen LogP contribution >= 0.6 is 27.5 Å². The van der Waals surface area contributed by atoms with Crippen molar-refractivity contribution >= 4 is 27.5 Å². The average molecular weight is 338 g/mol. The van der Waals surface area contributed by atoms with E-state index in [2.05, 4.69) is 41.0 Å². The van der Waals surface area contributed by atoms with E-state index in [0.29, 0.717) is 11.8 Å². The zero-order valence-electron chi connectivity index (χ0n) is 9.40. The lowest BCUT2D eigenvalue weighted by Crippen LogP contribution is -2.05. The van der Waals surface area contributed by atoms with Crippen molar-refractivity contribution in [2.45, 2.75) is 0 Å². The molecule has 0 fully saturated rings. The van der Waals surface area contributed by atoms with Crippen molar-refractivity contribution in [3.05, 3.63) is 46.7 Å². The van der Waals surface area contributed by atoms with Gasteiger partial charge in [-0.1, -0.05) is 34.1 Å². The van der Waals surface area contributed by atoms with E-state index in [4.69, 9.17) is 11.6 Å². The summed E-state index contributed by atoms with van der Waals surface area (Å²) in [7, 11) is 0. The van der Waals surface area contributed by atoms with E-state index in [1.54, 1.807) is 0 Å². The van der Waals surface area contributed by atoms with Crippen LogP contribution < -0.4 is 0 Å². The van der Waals surface area contributed by atoms with Gasteiger partial charge in [-0.2, -0.15) is 24.7 Å². The Morgan fingerprint density at radius 1 is 1.11 bits per heavy atom. The highest BCUT2D eigenvalue weighted by Gasteiger charge is 2.11. The highest BCUT2D eigenvalue weighted by atomic mass is 79.9. The monoisotopic (exact) mass is 336 g/mol. The maximum Gasteiger partial charge on any atom is 0.256 e. The minimum Gasteiger partial charge on any atom is -0.223 e. The van der Waals surface area contributed by atoms with Crippen molar-refractivity contribution in [2.24, 2.45) is 0 Å². The molecule has 2 heterocycles. The zero-order chi connectivity index (χ0) is 13.2. The van der Waals surface area contributed by atoms with Gasteiger partial charge in [0.15, 0.2) is 5.82 Å². The Kier molecular flexibility index (Phi) is 3.22. The van der Waals surface area contributed by atoms with Gasteiger partial charge in [-0.3, -0.25) is 0 Å². The van der Waals surface area contributed by atoms with Crippen LogP contribution in [0.5, 0.6) is 0 Å². The number of benzene rings is 1. The van der Waals surface area contributed by atoms with Crippen molar-refractivity contribution in [1.29, 1.82) is 0 Å². The molecule has 0 aliphatic carbocycles. The van der Waals surface area contributed by atoms with E-state index in [1.807, 2.05) is 24.3 Å². The maximum atomic E-state index is 5.93. The summed E-state index contributed by atoms with van der Waals surface area (Å²) in [5.74, 6) is 0.793. The normalized spacial score (nSPS) is 10.6. The Morgan fingerprint density at radius 2 is 1.95 bits per heavy atom. The number of aromatic nitrogens is 6. The highest BCUT2D eigenvalue weighted by molar-refractivity contribution is 9.10. The predicted octanol–water partition coefficient (Wildman–Crippen LogP) is 2.54. The van der Waals surface area contributed by atoms with Crippen molar-refractivity contribution < 1.29 is 0 Å². The molecule has 0 aliphatic rings. The Balaban J connectivity index is 2.16. The molecule has 0 unspecified atom stereocenters. The Labute approximate surface area is 121 Å². The molecule has 19 heavy (non-hydrogen) atoms. The first-order valence-electron chi connectivity index (χ1n) is 5.25. The number of hydrogen-bond acceptors (Lipinski definition) is 5. The van der Waals surface area contributed by atoms with Gasteiger partial charge < -0.3 is 0 Å². The highest BCUT2D eigenvalue weighted by Crippen LogP contribution is 2.25. The molecule has 94 valence electrons. The molecule has 0 amide bonds. The second kappa shape index (κ2) is 5.02. The van der Waals surface area contributed by atoms with E-state index in [-0.39, 0.29) is 5.28 Å². The fraction of sp³-hybridized carbons (Fsp3) is 0. The lowest BCUT2D eigenvalue weighted by atomic mass is 10.2. The van der Waals surface area contributed by atoms with Gasteiger partial charge >= 0.3 is 0 Å². The summed E-state index contributed by atoms with van der Waals surface area (Å²) in [6.07, 6.45) is 2.89. The van der Waals surface area contributed by atoms with Gasteiger partial charge in [0, 0.05) is 10.0 Å². The topological polar surface area (TPSA) is 69.4 Å². The fourth-order valence-corrected chi connectivity index (χ4v) is 2.13. The fourth-order valence-electron chi connectivity index (χ4n) is 1.52. The van der Waals surface area contributed by atoms with Gasteiger partial charge in [-0.15, -0.1) is 0 Å². The molecular formula is C11H6BrClN6. The Hall–Kier alpha value is -1.86. The molecule has 0 aliphatic heterocycles. The molecule has 3 rings (SSSR count). The van der Waals surface area contributed by atoms with Crippen LogP contribution in [0.15, 0.2) is 41.4 Å². The third kappa shape index (κ3) is 2.47. The van der Waals surface area contributed by atoms with Crippen LogP contribution in [0.25, 0.3) is 17.3 Å². The molecule has 0 N–H and O–H groups in total. The molecule has 2 aromatic heterocycles. The molecule has 0 atom stereocenters. The predicted molar refractivity (Wildman–Crippen MR) is 72.9 cm³/mol. The second-order valence-corrected chi connectivity index (χ2v) is 4.74. The van der Waals surface area contributed by atoms with Gasteiger partial charge in [-0.05, 0) is 17.7 Å². The summed E-state index contributed by atoms with van der Waals surface area (Å²) < 4.78 is 2.30. The first kappa shape index (κ1) is 12.2. The Bertz CT molecular complexity index is 715. The van der Waals surface area contributed by atoms with Crippen LogP contribution in [0.1, 0.15) is 0 Å². The SMILES string of the molecule is Clc1nc(-c2ccccc2Br)nc(-n2cncn2)n1. The number of hydrogen-bond donors (Lipinski definition) is 0. The van der Waals surface area contributed by atoms with Crippen LogP contribution in [-0.2, 0) is 0 Å². The summed E-state index contributed by atoms with van der Waals surface area (Å²) in [5.41, 5.74) is 0.827. The van der Waals surface area contributed by atoms with Crippen molar-refractivity contribution in [1.82, 2.24) is 29.7 Å². The molecule has 1 aromatic carbocycles. The minimum atomic E-state index is 0.103. The molecular weight excluding hydrogens is 332 g/mol. The van der Waals surface area contributed by atoms with Crippen LogP contribution in [-0.4, -0.2) is 29.7 Å². The third-order valence-electron chi connectivity index (χ3n) is 2.33. The van der Waals surface area contributed by atoms with E-state index in [1.165, 1.54) is 17.3 Å². The van der Waals surface area contributed by atoms with Crippen molar-refractivity contribution in [3.63, 3.8) is 0 Å². The van der Waals surface area contributed by atoms with Gasteiger partial charge in [-0.25, -0.2) is 4.98 Å². The molecule has 0 spiro atoms. The minimum absolute atomic E-state index is 0.103.